The van der Waals surface area contributed by atoms with Crippen LogP contribution < -0.4 is 0 Å². The third-order valence-corrected chi connectivity index (χ3v) is 5.17. The SMILES string of the molecule is C=COCCOCCOCCOCCOCCOCCOCCOCCOC(=O)CCCCCCCCC. The topological polar surface area (TPSA) is 100 Å². The zero-order valence-electron chi connectivity index (χ0n) is 23.8. The van der Waals surface area contributed by atoms with Gasteiger partial charge in [0, 0.05) is 6.42 Å². The monoisotopic (exact) mass is 550 g/mol. The van der Waals surface area contributed by atoms with Gasteiger partial charge in [0.05, 0.1) is 98.8 Å². The fourth-order valence-corrected chi connectivity index (χ4v) is 3.12. The maximum absolute atomic E-state index is 11.7. The Morgan fingerprint density at radius 3 is 1.24 bits per heavy atom. The number of ether oxygens (including phenoxy) is 9. The van der Waals surface area contributed by atoms with E-state index in [9.17, 15) is 4.79 Å². The van der Waals surface area contributed by atoms with Crippen molar-refractivity contribution >= 4 is 5.97 Å². The van der Waals surface area contributed by atoms with Gasteiger partial charge in [0.25, 0.3) is 0 Å². The predicted molar refractivity (Wildman–Crippen MR) is 145 cm³/mol. The molecule has 0 radical (unpaired) electrons. The van der Waals surface area contributed by atoms with Crippen molar-refractivity contribution in [1.29, 1.82) is 0 Å². The number of hydrogen-bond donors (Lipinski definition) is 0. The van der Waals surface area contributed by atoms with E-state index in [0.29, 0.717) is 112 Å². The van der Waals surface area contributed by atoms with Crippen LogP contribution in [0.25, 0.3) is 0 Å². The fraction of sp³-hybridized carbons (Fsp3) is 0.893. The number of carbonyl (C=O) groups is 1. The van der Waals surface area contributed by atoms with Crippen molar-refractivity contribution in [1.82, 2.24) is 0 Å². The molecule has 0 atom stereocenters. The summed E-state index contributed by atoms with van der Waals surface area (Å²) >= 11 is 0. The first-order valence-electron chi connectivity index (χ1n) is 14.2. The van der Waals surface area contributed by atoms with Crippen LogP contribution in [0.2, 0.25) is 0 Å². The van der Waals surface area contributed by atoms with Crippen LogP contribution in [0.4, 0.5) is 0 Å². The number of carbonyl (C=O) groups excluding carboxylic acids is 1. The Balaban J connectivity index is 3.10. The van der Waals surface area contributed by atoms with Crippen molar-refractivity contribution < 1.29 is 47.4 Å². The maximum atomic E-state index is 11.7. The van der Waals surface area contributed by atoms with Gasteiger partial charge in [0.1, 0.15) is 13.2 Å². The molecule has 0 aromatic heterocycles. The zero-order valence-corrected chi connectivity index (χ0v) is 23.8. The van der Waals surface area contributed by atoms with Crippen molar-refractivity contribution in [2.75, 3.05) is 106 Å². The summed E-state index contributed by atoms with van der Waals surface area (Å²) in [5.74, 6) is -0.138. The molecular formula is C28H54O10. The van der Waals surface area contributed by atoms with Crippen molar-refractivity contribution in [2.24, 2.45) is 0 Å². The predicted octanol–water partition coefficient (Wildman–Crippen LogP) is 3.95. The summed E-state index contributed by atoms with van der Waals surface area (Å²) in [7, 11) is 0. The molecule has 0 saturated carbocycles. The fourth-order valence-electron chi connectivity index (χ4n) is 3.12. The Labute approximate surface area is 230 Å². The average molecular weight is 551 g/mol. The van der Waals surface area contributed by atoms with E-state index in [4.69, 9.17) is 42.6 Å². The molecule has 0 bridgehead atoms. The lowest BCUT2D eigenvalue weighted by molar-refractivity contribution is -0.145. The summed E-state index contributed by atoms with van der Waals surface area (Å²) in [5, 5.41) is 0. The molecule has 0 fully saturated rings. The lowest BCUT2D eigenvalue weighted by Gasteiger charge is -2.09. The highest BCUT2D eigenvalue weighted by atomic mass is 16.6. The second kappa shape index (κ2) is 33.8. The van der Waals surface area contributed by atoms with Gasteiger partial charge < -0.3 is 42.6 Å². The summed E-state index contributed by atoms with van der Waals surface area (Å²) in [6.45, 7) is 13.4. The minimum Gasteiger partial charge on any atom is -0.499 e. The molecule has 0 rings (SSSR count). The maximum Gasteiger partial charge on any atom is 0.305 e. The van der Waals surface area contributed by atoms with E-state index in [1.54, 1.807) is 0 Å². The largest absolute Gasteiger partial charge is 0.499 e. The lowest BCUT2D eigenvalue weighted by atomic mass is 10.1. The third-order valence-electron chi connectivity index (χ3n) is 5.17. The van der Waals surface area contributed by atoms with E-state index in [-0.39, 0.29) is 5.97 Å². The highest BCUT2D eigenvalue weighted by Crippen LogP contribution is 2.08. The normalized spacial score (nSPS) is 11.1. The van der Waals surface area contributed by atoms with E-state index < -0.39 is 0 Å². The molecule has 0 aliphatic heterocycles. The highest BCUT2D eigenvalue weighted by molar-refractivity contribution is 5.69. The molecule has 0 saturated heterocycles. The van der Waals surface area contributed by atoms with Crippen LogP contribution in [0.5, 0.6) is 0 Å². The zero-order chi connectivity index (χ0) is 27.6. The van der Waals surface area contributed by atoms with Crippen LogP contribution in [0.3, 0.4) is 0 Å². The molecule has 226 valence electrons. The molecule has 10 heteroatoms. The summed E-state index contributed by atoms with van der Waals surface area (Å²) in [5.41, 5.74) is 0. The van der Waals surface area contributed by atoms with E-state index in [2.05, 4.69) is 13.5 Å². The molecule has 38 heavy (non-hydrogen) atoms. The van der Waals surface area contributed by atoms with Crippen LogP contribution in [0, 0.1) is 0 Å². The van der Waals surface area contributed by atoms with Crippen LogP contribution in [0.15, 0.2) is 12.8 Å². The van der Waals surface area contributed by atoms with E-state index >= 15 is 0 Å². The van der Waals surface area contributed by atoms with Gasteiger partial charge in [-0.2, -0.15) is 0 Å². The summed E-state index contributed by atoms with van der Waals surface area (Å²) in [6.07, 6.45) is 10.2. The van der Waals surface area contributed by atoms with Crippen LogP contribution in [0.1, 0.15) is 58.3 Å². The van der Waals surface area contributed by atoms with Crippen molar-refractivity contribution in [3.05, 3.63) is 12.8 Å². The number of rotatable bonds is 33. The van der Waals surface area contributed by atoms with Crippen molar-refractivity contribution in [3.63, 3.8) is 0 Å². The number of unbranched alkanes of at least 4 members (excludes halogenated alkanes) is 6. The molecule has 0 spiro atoms. The van der Waals surface area contributed by atoms with Gasteiger partial charge in [-0.1, -0.05) is 52.0 Å². The molecule has 0 aromatic carbocycles. The molecule has 0 aromatic rings. The van der Waals surface area contributed by atoms with Gasteiger partial charge in [-0.15, -0.1) is 0 Å². The Morgan fingerprint density at radius 2 is 0.842 bits per heavy atom. The van der Waals surface area contributed by atoms with Crippen molar-refractivity contribution in [3.8, 4) is 0 Å². The smallest absolute Gasteiger partial charge is 0.305 e. The lowest BCUT2D eigenvalue weighted by Crippen LogP contribution is -2.15. The third kappa shape index (κ3) is 32.8. The summed E-state index contributed by atoms with van der Waals surface area (Å²) in [4.78, 5) is 11.7. The quantitative estimate of drug-likeness (QED) is 0.0678. The molecular weight excluding hydrogens is 496 g/mol. The number of hydrogen-bond acceptors (Lipinski definition) is 10. The minimum absolute atomic E-state index is 0.138. The summed E-state index contributed by atoms with van der Waals surface area (Å²) in [6, 6.07) is 0. The highest BCUT2D eigenvalue weighted by Gasteiger charge is 2.02. The van der Waals surface area contributed by atoms with Gasteiger partial charge >= 0.3 is 5.97 Å². The Morgan fingerprint density at radius 1 is 0.500 bits per heavy atom. The van der Waals surface area contributed by atoms with E-state index in [1.807, 2.05) is 0 Å². The summed E-state index contributed by atoms with van der Waals surface area (Å²) < 4.78 is 48.0. The first-order valence-corrected chi connectivity index (χ1v) is 14.2. The second-order valence-corrected chi connectivity index (χ2v) is 8.42. The van der Waals surface area contributed by atoms with Crippen LogP contribution in [-0.4, -0.2) is 112 Å². The van der Waals surface area contributed by atoms with E-state index in [1.165, 1.54) is 38.4 Å². The Hall–Kier alpha value is -1.27. The first-order chi connectivity index (χ1) is 18.8. The average Bonchev–Trinajstić information content (AvgIpc) is 2.92. The van der Waals surface area contributed by atoms with Gasteiger partial charge in [-0.3, -0.25) is 4.79 Å². The molecule has 0 unspecified atom stereocenters. The Kier molecular flexibility index (Phi) is 32.6. The molecule has 0 heterocycles. The minimum atomic E-state index is -0.138. The first kappa shape index (κ1) is 36.7. The Bertz CT molecular complexity index is 479. The number of esters is 1. The van der Waals surface area contributed by atoms with Crippen LogP contribution in [-0.2, 0) is 47.4 Å². The molecule has 0 aliphatic carbocycles. The van der Waals surface area contributed by atoms with Gasteiger partial charge in [0.15, 0.2) is 0 Å². The molecule has 0 amide bonds. The van der Waals surface area contributed by atoms with Crippen LogP contribution >= 0.6 is 0 Å². The van der Waals surface area contributed by atoms with Gasteiger partial charge in [0.2, 0.25) is 0 Å². The van der Waals surface area contributed by atoms with Gasteiger partial charge in [-0.05, 0) is 6.42 Å². The molecule has 0 aliphatic rings. The second-order valence-electron chi connectivity index (χ2n) is 8.42. The molecule has 0 N–H and O–H groups in total. The standard InChI is InChI=1S/C28H54O10/c1-3-5-6-7-8-9-10-11-28(29)38-27-26-37-25-24-36-23-22-35-21-20-34-19-18-33-17-16-32-15-14-31-13-12-30-4-2/h4H,2-3,5-27H2,1H3. The van der Waals surface area contributed by atoms with Gasteiger partial charge in [-0.25, -0.2) is 0 Å². The van der Waals surface area contributed by atoms with E-state index in [0.717, 1.165) is 12.8 Å². The molecule has 10 nitrogen and oxygen atoms in total. The van der Waals surface area contributed by atoms with Crippen molar-refractivity contribution in [2.45, 2.75) is 58.3 Å².